The molecule has 2 spiro atoms. The molecule has 198 valence electrons. The van der Waals surface area contributed by atoms with Crippen LogP contribution in [0.25, 0.3) is 0 Å². The monoisotopic (exact) mass is 488 g/mol. The number of Topliss-reactive ketones (excluding diaryl/α,β-unsaturated/α-hetero) is 1. The zero-order chi connectivity index (χ0) is 25.6. The van der Waals surface area contributed by atoms with E-state index in [0.717, 1.165) is 44.9 Å². The number of rotatable bonds is 2. The number of carbonyl (C=O) groups excluding carboxylic acids is 1. The van der Waals surface area contributed by atoms with Gasteiger partial charge in [0, 0.05) is 17.8 Å². The van der Waals surface area contributed by atoms with Crippen molar-refractivity contribution in [1.29, 1.82) is 0 Å². The van der Waals surface area contributed by atoms with Crippen molar-refractivity contribution in [3.63, 3.8) is 0 Å². The van der Waals surface area contributed by atoms with Crippen molar-refractivity contribution in [1.82, 2.24) is 0 Å². The molecule has 0 amide bonds. The van der Waals surface area contributed by atoms with Gasteiger partial charge in [-0.25, -0.2) is 0 Å². The Kier molecular flexibility index (Phi) is 4.78. The zero-order valence-corrected chi connectivity index (χ0v) is 23.0. The number of aliphatic hydroxyl groups excluding tert-OH is 2. The van der Waals surface area contributed by atoms with Crippen molar-refractivity contribution in [3.8, 4) is 0 Å². The standard InChI is InChI=1S/C30H48O5/c1-24(2)18-8-9-19-26(5)14-17(31)23(27(6)12-11-22(35-27)25(3,4)34)28(26,7)21(33)15-30(19)16-29(18,30)13-10-20(24)32/h17-20,22-23,31-32,34H,8-16H2,1-7H3/t17-,18-,19-,20-,22-,23+,26-,27+,28+,29+,30-/m0/s1. The largest absolute Gasteiger partial charge is 0.393 e. The van der Waals surface area contributed by atoms with E-state index in [-0.39, 0.29) is 39.8 Å². The summed E-state index contributed by atoms with van der Waals surface area (Å²) in [4.78, 5) is 14.5. The number of ether oxygens (including phenoxy) is 1. The fraction of sp³-hybridized carbons (Fsp3) is 0.967. The highest BCUT2D eigenvalue weighted by Crippen LogP contribution is 2.88. The van der Waals surface area contributed by atoms with Crippen molar-refractivity contribution in [2.75, 3.05) is 0 Å². The van der Waals surface area contributed by atoms with Crippen LogP contribution in [0, 0.1) is 44.8 Å². The second kappa shape index (κ2) is 6.74. The highest BCUT2D eigenvalue weighted by atomic mass is 16.5. The van der Waals surface area contributed by atoms with Gasteiger partial charge in [0.25, 0.3) is 0 Å². The van der Waals surface area contributed by atoms with Gasteiger partial charge in [-0.05, 0) is 106 Å². The van der Waals surface area contributed by atoms with E-state index in [0.29, 0.717) is 30.5 Å². The number of fused-ring (bicyclic) bond motifs is 2. The van der Waals surface area contributed by atoms with Crippen LogP contribution in [0.3, 0.4) is 0 Å². The average molecular weight is 489 g/mol. The Labute approximate surface area is 211 Å². The van der Waals surface area contributed by atoms with Gasteiger partial charge < -0.3 is 20.1 Å². The quantitative estimate of drug-likeness (QED) is 0.527. The molecule has 5 saturated carbocycles. The van der Waals surface area contributed by atoms with Gasteiger partial charge in [0.05, 0.1) is 29.5 Å². The molecule has 6 aliphatic rings. The summed E-state index contributed by atoms with van der Waals surface area (Å²) in [6.07, 6.45) is 6.89. The number of carbonyl (C=O) groups is 1. The van der Waals surface area contributed by atoms with Gasteiger partial charge in [-0.1, -0.05) is 27.7 Å². The summed E-state index contributed by atoms with van der Waals surface area (Å²) in [6.45, 7) is 14.7. The fourth-order valence-corrected chi connectivity index (χ4v) is 11.8. The van der Waals surface area contributed by atoms with Gasteiger partial charge in [-0.15, -0.1) is 0 Å². The molecule has 0 aromatic carbocycles. The van der Waals surface area contributed by atoms with E-state index in [9.17, 15) is 20.1 Å². The van der Waals surface area contributed by atoms with E-state index in [2.05, 4.69) is 34.6 Å². The summed E-state index contributed by atoms with van der Waals surface area (Å²) in [5.74, 6) is 0.973. The molecule has 35 heavy (non-hydrogen) atoms. The van der Waals surface area contributed by atoms with Crippen molar-refractivity contribution >= 4 is 5.78 Å². The Hall–Kier alpha value is -0.490. The van der Waals surface area contributed by atoms with Crippen LogP contribution in [-0.2, 0) is 9.53 Å². The van der Waals surface area contributed by atoms with Gasteiger partial charge in [0.1, 0.15) is 5.78 Å². The van der Waals surface area contributed by atoms with Crippen LogP contribution in [-0.4, -0.2) is 50.6 Å². The minimum Gasteiger partial charge on any atom is -0.393 e. The highest BCUT2D eigenvalue weighted by molar-refractivity contribution is 5.89. The second-order valence-corrected chi connectivity index (χ2v) is 15.6. The molecule has 5 nitrogen and oxygen atoms in total. The molecule has 3 N–H and O–H groups in total. The topological polar surface area (TPSA) is 87.0 Å². The molecule has 6 fully saturated rings. The van der Waals surface area contributed by atoms with Gasteiger partial charge in [0.15, 0.2) is 0 Å². The van der Waals surface area contributed by atoms with Crippen molar-refractivity contribution in [2.24, 2.45) is 44.8 Å². The Morgan fingerprint density at radius 1 is 0.914 bits per heavy atom. The Bertz CT molecular complexity index is 953. The van der Waals surface area contributed by atoms with Gasteiger partial charge in [0.2, 0.25) is 0 Å². The summed E-state index contributed by atoms with van der Waals surface area (Å²) in [5, 5.41) is 33.2. The molecule has 1 heterocycles. The van der Waals surface area contributed by atoms with E-state index >= 15 is 0 Å². The molecule has 1 aliphatic heterocycles. The lowest BCUT2D eigenvalue weighted by Crippen LogP contribution is -2.62. The predicted octanol–water partition coefficient (Wildman–Crippen LogP) is 4.64. The average Bonchev–Trinajstić information content (AvgIpc) is 3.09. The molecule has 0 unspecified atom stereocenters. The van der Waals surface area contributed by atoms with Crippen molar-refractivity contribution in [2.45, 2.75) is 136 Å². The molecule has 0 radical (unpaired) electrons. The smallest absolute Gasteiger partial charge is 0.140 e. The molecule has 6 rings (SSSR count). The van der Waals surface area contributed by atoms with Crippen LogP contribution in [0.5, 0.6) is 0 Å². The number of hydrogen-bond acceptors (Lipinski definition) is 5. The normalized spacial score (nSPS) is 58.9. The maximum Gasteiger partial charge on any atom is 0.140 e. The molecule has 0 aromatic heterocycles. The lowest BCUT2D eigenvalue weighted by atomic mass is 9.41. The summed E-state index contributed by atoms with van der Waals surface area (Å²) in [7, 11) is 0. The molecule has 5 aliphatic carbocycles. The third-order valence-corrected chi connectivity index (χ3v) is 13.6. The molecule has 11 atom stereocenters. The molecular formula is C30H48O5. The third-order valence-electron chi connectivity index (χ3n) is 13.6. The minimum absolute atomic E-state index is 0.0420. The number of ketones is 1. The predicted molar refractivity (Wildman–Crippen MR) is 133 cm³/mol. The van der Waals surface area contributed by atoms with E-state index in [4.69, 9.17) is 4.74 Å². The molecular weight excluding hydrogens is 440 g/mol. The fourth-order valence-electron chi connectivity index (χ4n) is 11.8. The Morgan fingerprint density at radius 2 is 1.57 bits per heavy atom. The Balaban J connectivity index is 1.39. The van der Waals surface area contributed by atoms with Crippen molar-refractivity contribution in [3.05, 3.63) is 0 Å². The van der Waals surface area contributed by atoms with Crippen molar-refractivity contribution < 1.29 is 24.9 Å². The first-order valence-corrected chi connectivity index (χ1v) is 14.3. The summed E-state index contributed by atoms with van der Waals surface area (Å²) < 4.78 is 6.58. The van der Waals surface area contributed by atoms with E-state index in [1.807, 2.05) is 0 Å². The van der Waals surface area contributed by atoms with Crippen LogP contribution in [0.1, 0.15) is 106 Å². The molecule has 0 bridgehead atoms. The van der Waals surface area contributed by atoms with Gasteiger partial charge in [-0.2, -0.15) is 0 Å². The zero-order valence-electron chi connectivity index (χ0n) is 23.0. The number of aliphatic hydroxyl groups is 3. The summed E-state index contributed by atoms with van der Waals surface area (Å²) >= 11 is 0. The van der Waals surface area contributed by atoms with Crippen LogP contribution in [0.2, 0.25) is 0 Å². The summed E-state index contributed by atoms with van der Waals surface area (Å²) in [6, 6.07) is 0. The van der Waals surface area contributed by atoms with Crippen LogP contribution in [0.15, 0.2) is 0 Å². The van der Waals surface area contributed by atoms with Crippen LogP contribution < -0.4 is 0 Å². The van der Waals surface area contributed by atoms with E-state index in [1.54, 1.807) is 13.8 Å². The third kappa shape index (κ3) is 2.68. The van der Waals surface area contributed by atoms with Gasteiger partial charge in [-0.3, -0.25) is 4.79 Å². The second-order valence-electron chi connectivity index (χ2n) is 15.6. The van der Waals surface area contributed by atoms with E-state index < -0.39 is 22.7 Å². The summed E-state index contributed by atoms with van der Waals surface area (Å²) in [5.41, 5.74) is -2.34. The molecule has 0 aromatic rings. The van der Waals surface area contributed by atoms with Crippen LogP contribution in [0.4, 0.5) is 0 Å². The molecule has 5 heteroatoms. The highest BCUT2D eigenvalue weighted by Gasteiger charge is 2.85. The molecule has 1 saturated heterocycles. The van der Waals surface area contributed by atoms with Crippen LogP contribution >= 0.6 is 0 Å². The van der Waals surface area contributed by atoms with E-state index in [1.165, 1.54) is 0 Å². The Morgan fingerprint density at radius 3 is 2.20 bits per heavy atom. The lowest BCUT2D eigenvalue weighted by Gasteiger charge is -2.62. The first-order valence-electron chi connectivity index (χ1n) is 14.3. The first kappa shape index (κ1) is 24.8. The SMILES string of the molecule is CC(C)(O)[C@@H]1CC[C@](C)([C@H]2[C@@H](O)C[C@@]3(C)[C@@H]4CC[C@H]5C(C)(C)[C@@H](O)CC[C@@]56C[C@@]46CC(=O)[C@]23C)O1. The first-order chi connectivity index (χ1) is 16.0. The number of hydrogen-bond donors (Lipinski definition) is 3. The minimum atomic E-state index is -0.941. The lowest BCUT2D eigenvalue weighted by molar-refractivity contribution is -0.197. The van der Waals surface area contributed by atoms with Gasteiger partial charge >= 0.3 is 0 Å². The maximum atomic E-state index is 14.5. The maximum absolute atomic E-state index is 14.5.